The summed E-state index contributed by atoms with van der Waals surface area (Å²) in [6.45, 7) is 2.22. The van der Waals surface area contributed by atoms with Crippen molar-refractivity contribution in [2.45, 2.75) is 13.5 Å². The lowest BCUT2D eigenvalue weighted by Crippen LogP contribution is -2.19. The Morgan fingerprint density at radius 1 is 1.52 bits per heavy atom. The maximum atomic E-state index is 11.8. The Bertz CT molecular complexity index is 655. The van der Waals surface area contributed by atoms with Crippen molar-refractivity contribution >= 4 is 17.5 Å². The summed E-state index contributed by atoms with van der Waals surface area (Å²) in [5.74, 6) is -0.267. The van der Waals surface area contributed by atoms with Crippen LogP contribution in [0.15, 0.2) is 30.6 Å². The lowest BCUT2D eigenvalue weighted by Gasteiger charge is -2.07. The third kappa shape index (κ3) is 4.00. The summed E-state index contributed by atoms with van der Waals surface area (Å²) in [4.78, 5) is 25.0. The van der Waals surface area contributed by atoms with E-state index in [2.05, 4.69) is 15.4 Å². The van der Waals surface area contributed by atoms with Gasteiger partial charge in [0.05, 0.1) is 6.61 Å². The molecule has 0 bridgehead atoms. The van der Waals surface area contributed by atoms with Gasteiger partial charge in [0.15, 0.2) is 0 Å². The van der Waals surface area contributed by atoms with Crippen LogP contribution < -0.4 is 10.1 Å². The van der Waals surface area contributed by atoms with Crippen LogP contribution in [0.4, 0.5) is 11.6 Å². The fourth-order valence-electron chi connectivity index (χ4n) is 1.62. The first-order valence-electron chi connectivity index (χ1n) is 6.15. The number of ether oxygens (including phenoxy) is 1. The average molecular weight is 291 g/mol. The Morgan fingerprint density at radius 3 is 3.00 bits per heavy atom. The van der Waals surface area contributed by atoms with Crippen molar-refractivity contribution in [3.63, 3.8) is 0 Å². The maximum absolute atomic E-state index is 11.8. The van der Waals surface area contributed by atoms with Crippen LogP contribution in [0.5, 0.6) is 5.75 Å². The van der Waals surface area contributed by atoms with Gasteiger partial charge in [-0.05, 0) is 24.0 Å². The first-order valence-corrected chi connectivity index (χ1v) is 6.15. The molecule has 0 radical (unpaired) electrons. The maximum Gasteiger partial charge on any atom is 0.490 e. The van der Waals surface area contributed by atoms with Crippen LogP contribution in [0, 0.1) is 10.1 Å². The molecule has 2 rings (SSSR count). The van der Waals surface area contributed by atoms with Crippen LogP contribution >= 0.6 is 0 Å². The van der Waals surface area contributed by atoms with Crippen molar-refractivity contribution < 1.29 is 14.5 Å². The topological polar surface area (TPSA) is 112 Å². The summed E-state index contributed by atoms with van der Waals surface area (Å²) in [6, 6.07) is 6.93. The van der Waals surface area contributed by atoms with Crippen molar-refractivity contribution in [3.8, 4) is 5.75 Å². The highest BCUT2D eigenvalue weighted by molar-refractivity contribution is 5.90. The molecule has 0 unspecified atom stereocenters. The summed E-state index contributed by atoms with van der Waals surface area (Å²) < 4.78 is 6.42. The second-order valence-corrected chi connectivity index (χ2v) is 4.01. The number of aromatic nitrogens is 3. The summed E-state index contributed by atoms with van der Waals surface area (Å²) in [7, 11) is 0. The van der Waals surface area contributed by atoms with E-state index in [1.807, 2.05) is 6.92 Å². The van der Waals surface area contributed by atoms with Gasteiger partial charge in [0.25, 0.3) is 0 Å². The Balaban J connectivity index is 1.97. The van der Waals surface area contributed by atoms with E-state index >= 15 is 0 Å². The highest BCUT2D eigenvalue weighted by atomic mass is 16.6. The van der Waals surface area contributed by atoms with Gasteiger partial charge in [-0.15, -0.1) is 0 Å². The summed E-state index contributed by atoms with van der Waals surface area (Å²) in [6.07, 6.45) is 1.13. The number of carbonyl (C=O) groups is 1. The zero-order valence-corrected chi connectivity index (χ0v) is 11.2. The van der Waals surface area contributed by atoms with E-state index in [0.717, 1.165) is 11.0 Å². The van der Waals surface area contributed by atoms with Gasteiger partial charge < -0.3 is 20.2 Å². The molecule has 1 aromatic heterocycles. The minimum atomic E-state index is -0.722. The predicted octanol–water partition coefficient (Wildman–Crippen LogP) is 1.22. The van der Waals surface area contributed by atoms with Crippen LogP contribution in [0.3, 0.4) is 0 Å². The lowest BCUT2D eigenvalue weighted by atomic mass is 10.3. The highest BCUT2D eigenvalue weighted by Gasteiger charge is 2.15. The lowest BCUT2D eigenvalue weighted by molar-refractivity contribution is -0.394. The van der Waals surface area contributed by atoms with Crippen molar-refractivity contribution in [1.82, 2.24) is 14.8 Å². The smallest absolute Gasteiger partial charge is 0.490 e. The molecule has 0 aliphatic carbocycles. The zero-order valence-electron chi connectivity index (χ0n) is 11.2. The van der Waals surface area contributed by atoms with Gasteiger partial charge in [-0.25, -0.2) is 0 Å². The molecule has 110 valence electrons. The van der Waals surface area contributed by atoms with Crippen molar-refractivity contribution in [1.29, 1.82) is 0 Å². The molecule has 1 aromatic carbocycles. The molecule has 0 atom stereocenters. The number of nitrogens with one attached hydrogen (secondary N) is 1. The fourth-order valence-corrected chi connectivity index (χ4v) is 1.62. The first-order chi connectivity index (χ1) is 10.1. The van der Waals surface area contributed by atoms with Crippen molar-refractivity contribution in [3.05, 3.63) is 40.7 Å². The minimum absolute atomic E-state index is 0.167. The van der Waals surface area contributed by atoms with E-state index in [0.29, 0.717) is 18.0 Å². The highest BCUT2D eigenvalue weighted by Crippen LogP contribution is 2.17. The summed E-state index contributed by atoms with van der Waals surface area (Å²) >= 11 is 0. The van der Waals surface area contributed by atoms with Gasteiger partial charge in [0.2, 0.25) is 12.2 Å². The number of nitro groups is 1. The first kappa shape index (κ1) is 14.4. The average Bonchev–Trinajstić information content (AvgIpc) is 2.88. The molecule has 9 heteroatoms. The molecule has 9 nitrogen and oxygen atoms in total. The minimum Gasteiger partial charge on any atom is -0.494 e. The quantitative estimate of drug-likeness (QED) is 0.632. The van der Waals surface area contributed by atoms with Crippen LogP contribution in [0.2, 0.25) is 0 Å². The number of amides is 1. The SMILES string of the molecule is CCOc1cccc(NC(=O)Cn2cnc([N+](=O)[O-])n2)c1. The second-order valence-electron chi connectivity index (χ2n) is 4.01. The third-order valence-corrected chi connectivity index (χ3v) is 2.42. The molecule has 1 amide bonds. The van der Waals surface area contributed by atoms with E-state index in [1.165, 1.54) is 0 Å². The number of benzene rings is 1. The van der Waals surface area contributed by atoms with E-state index in [4.69, 9.17) is 4.74 Å². The molecule has 21 heavy (non-hydrogen) atoms. The van der Waals surface area contributed by atoms with E-state index in [-0.39, 0.29) is 12.5 Å². The largest absolute Gasteiger partial charge is 0.494 e. The Morgan fingerprint density at radius 2 is 2.33 bits per heavy atom. The summed E-state index contributed by atoms with van der Waals surface area (Å²) in [5, 5.41) is 16.7. The monoisotopic (exact) mass is 291 g/mol. The van der Waals surface area contributed by atoms with Gasteiger partial charge in [0.1, 0.15) is 12.3 Å². The standard InChI is InChI=1S/C12H13N5O4/c1-2-21-10-5-3-4-9(6-10)14-11(18)7-16-8-13-12(15-16)17(19)20/h3-6,8H,2,7H2,1H3,(H,14,18). The molecule has 0 fully saturated rings. The molecule has 0 aliphatic rings. The van der Waals surface area contributed by atoms with Crippen molar-refractivity contribution in [2.24, 2.45) is 0 Å². The molecular formula is C12H13N5O4. The normalized spacial score (nSPS) is 10.1. The molecule has 2 aromatic rings. The molecule has 0 aliphatic heterocycles. The predicted molar refractivity (Wildman–Crippen MR) is 72.9 cm³/mol. The van der Waals surface area contributed by atoms with Gasteiger partial charge in [-0.3, -0.25) is 4.79 Å². The van der Waals surface area contributed by atoms with E-state index < -0.39 is 10.9 Å². The Hall–Kier alpha value is -2.97. The molecule has 1 heterocycles. The van der Waals surface area contributed by atoms with Gasteiger partial charge in [-0.1, -0.05) is 11.1 Å². The zero-order chi connectivity index (χ0) is 15.2. The molecule has 0 saturated heterocycles. The third-order valence-electron chi connectivity index (χ3n) is 2.42. The van der Waals surface area contributed by atoms with Crippen molar-refractivity contribution in [2.75, 3.05) is 11.9 Å². The number of nitrogens with zero attached hydrogens (tertiary/aromatic N) is 4. The van der Waals surface area contributed by atoms with Crippen LogP contribution in [0.25, 0.3) is 0 Å². The van der Waals surface area contributed by atoms with E-state index in [1.54, 1.807) is 24.3 Å². The van der Waals surface area contributed by atoms with Crippen LogP contribution in [-0.2, 0) is 11.3 Å². The molecule has 1 N–H and O–H groups in total. The van der Waals surface area contributed by atoms with Crippen LogP contribution in [-0.4, -0.2) is 32.2 Å². The number of rotatable bonds is 6. The fraction of sp³-hybridized carbons (Fsp3) is 0.250. The Labute approximate surface area is 119 Å². The number of anilines is 1. The van der Waals surface area contributed by atoms with Crippen LogP contribution in [0.1, 0.15) is 6.92 Å². The number of carbonyl (C=O) groups excluding carboxylic acids is 1. The second kappa shape index (κ2) is 6.46. The van der Waals surface area contributed by atoms with Gasteiger partial charge >= 0.3 is 5.95 Å². The van der Waals surface area contributed by atoms with Gasteiger partial charge in [0, 0.05) is 16.9 Å². The molecule has 0 spiro atoms. The molecular weight excluding hydrogens is 278 g/mol. The van der Waals surface area contributed by atoms with E-state index in [9.17, 15) is 14.9 Å². The molecule has 0 saturated carbocycles. The number of hydrogen-bond acceptors (Lipinski definition) is 6. The van der Waals surface area contributed by atoms with Gasteiger partial charge in [-0.2, -0.15) is 4.68 Å². The summed E-state index contributed by atoms with van der Waals surface area (Å²) in [5.41, 5.74) is 0.570. The number of hydrogen-bond donors (Lipinski definition) is 1. The Kier molecular flexibility index (Phi) is 4.44.